The first-order valence-electron chi connectivity index (χ1n) is 11.6. The Morgan fingerprint density at radius 3 is 2.55 bits per heavy atom. The Bertz CT molecular complexity index is 989. The number of carboxylic acids is 1. The average Bonchev–Trinajstić information content (AvgIpc) is 3.26. The van der Waals surface area contributed by atoms with Gasteiger partial charge in [0.15, 0.2) is 11.6 Å². The second-order valence-corrected chi connectivity index (χ2v) is 9.59. The standard InChI is InChI=1S/C26H32F2N2O3/c1-30(2)26(19-6-4-7-20(27)14-19)11-9-17(10-12-26)13-18-5-3-8-23(24(18)28)33-21-15-22(25(31)32)29-16-21/h3-8,14,17,21-22,29H,9-13,15-16H2,1-2H3,(H,31,32)/t17?,21-,22-,26?/m0/s1. The molecule has 0 aromatic heterocycles. The van der Waals surface area contributed by atoms with Gasteiger partial charge < -0.3 is 15.2 Å². The summed E-state index contributed by atoms with van der Waals surface area (Å²) in [7, 11) is 4.08. The molecule has 33 heavy (non-hydrogen) atoms. The van der Waals surface area contributed by atoms with Crippen LogP contribution in [0.1, 0.15) is 43.2 Å². The lowest BCUT2D eigenvalue weighted by Crippen LogP contribution is -2.44. The zero-order chi connectivity index (χ0) is 23.6. The minimum atomic E-state index is -0.917. The van der Waals surface area contributed by atoms with E-state index in [0.717, 1.165) is 31.2 Å². The monoisotopic (exact) mass is 458 g/mol. The predicted octanol–water partition coefficient (Wildman–Crippen LogP) is 4.35. The molecule has 1 heterocycles. The summed E-state index contributed by atoms with van der Waals surface area (Å²) in [5.41, 5.74) is 1.41. The molecule has 0 radical (unpaired) electrons. The van der Waals surface area contributed by atoms with Crippen LogP contribution in [0.4, 0.5) is 8.78 Å². The Morgan fingerprint density at radius 2 is 1.91 bits per heavy atom. The van der Waals surface area contributed by atoms with Crippen LogP contribution in [-0.4, -0.2) is 48.8 Å². The molecule has 2 aliphatic rings. The fourth-order valence-corrected chi connectivity index (χ4v) is 5.41. The van der Waals surface area contributed by atoms with Gasteiger partial charge in [0.05, 0.1) is 0 Å². The number of nitrogens with zero attached hydrogens (tertiary/aromatic N) is 1. The molecule has 0 bridgehead atoms. The van der Waals surface area contributed by atoms with Crippen LogP contribution < -0.4 is 10.1 Å². The van der Waals surface area contributed by atoms with Crippen LogP contribution in [0.2, 0.25) is 0 Å². The first-order valence-corrected chi connectivity index (χ1v) is 11.6. The van der Waals surface area contributed by atoms with Gasteiger partial charge in [-0.05, 0) is 81.4 Å². The third-order valence-electron chi connectivity index (χ3n) is 7.38. The van der Waals surface area contributed by atoms with Gasteiger partial charge in [0.2, 0.25) is 0 Å². The van der Waals surface area contributed by atoms with Crippen molar-refractivity contribution in [3.05, 3.63) is 65.2 Å². The number of carboxylic acid groups (broad SMARTS) is 1. The Labute approximate surface area is 193 Å². The van der Waals surface area contributed by atoms with Gasteiger partial charge in [0, 0.05) is 18.5 Å². The molecule has 2 aromatic rings. The molecular weight excluding hydrogens is 426 g/mol. The fourth-order valence-electron chi connectivity index (χ4n) is 5.41. The van der Waals surface area contributed by atoms with E-state index in [9.17, 15) is 9.18 Å². The second-order valence-electron chi connectivity index (χ2n) is 9.59. The number of benzene rings is 2. The highest BCUT2D eigenvalue weighted by molar-refractivity contribution is 5.73. The highest BCUT2D eigenvalue weighted by atomic mass is 19.1. The number of rotatable bonds is 7. The topological polar surface area (TPSA) is 61.8 Å². The van der Waals surface area contributed by atoms with E-state index < -0.39 is 12.0 Å². The molecule has 5 nitrogen and oxygen atoms in total. The molecule has 1 saturated carbocycles. The van der Waals surface area contributed by atoms with Crippen LogP contribution in [-0.2, 0) is 16.8 Å². The summed E-state index contributed by atoms with van der Waals surface area (Å²) in [5.74, 6) is -0.975. The summed E-state index contributed by atoms with van der Waals surface area (Å²) in [6, 6.07) is 11.4. The summed E-state index contributed by atoms with van der Waals surface area (Å²) in [6.07, 6.45) is 4.19. The largest absolute Gasteiger partial charge is 0.486 e. The van der Waals surface area contributed by atoms with Crippen molar-refractivity contribution < 1.29 is 23.4 Å². The number of nitrogens with one attached hydrogen (secondary N) is 1. The molecule has 2 N–H and O–H groups in total. The molecule has 0 spiro atoms. The van der Waals surface area contributed by atoms with Crippen LogP contribution >= 0.6 is 0 Å². The van der Waals surface area contributed by atoms with Crippen molar-refractivity contribution in [2.75, 3.05) is 20.6 Å². The first kappa shape index (κ1) is 23.6. The molecule has 1 aliphatic heterocycles. The maximum absolute atomic E-state index is 15.2. The molecule has 2 fully saturated rings. The third kappa shape index (κ3) is 5.04. The van der Waals surface area contributed by atoms with Gasteiger partial charge >= 0.3 is 5.97 Å². The Hall–Kier alpha value is -2.51. The molecule has 1 aliphatic carbocycles. The van der Waals surface area contributed by atoms with Crippen molar-refractivity contribution in [1.29, 1.82) is 0 Å². The van der Waals surface area contributed by atoms with Crippen LogP contribution in [0, 0.1) is 17.6 Å². The quantitative estimate of drug-likeness (QED) is 0.646. The Morgan fingerprint density at radius 1 is 1.18 bits per heavy atom. The lowest BCUT2D eigenvalue weighted by molar-refractivity contribution is -0.139. The SMILES string of the molecule is CN(C)C1(c2cccc(F)c2)CCC(Cc2cccc(O[C@@H]3CN[C@H](C(=O)O)C3)c2F)CC1. The van der Waals surface area contributed by atoms with E-state index in [1.54, 1.807) is 30.3 Å². The maximum atomic E-state index is 15.2. The minimum absolute atomic E-state index is 0.184. The van der Waals surface area contributed by atoms with Gasteiger partial charge in [-0.2, -0.15) is 0 Å². The fraction of sp³-hybridized carbons (Fsp3) is 0.500. The number of halogens is 2. The molecule has 2 atom stereocenters. The van der Waals surface area contributed by atoms with E-state index in [4.69, 9.17) is 9.84 Å². The van der Waals surface area contributed by atoms with Gasteiger partial charge in [0.1, 0.15) is 18.0 Å². The first-order chi connectivity index (χ1) is 15.8. The van der Waals surface area contributed by atoms with Crippen molar-refractivity contribution in [3.8, 4) is 5.75 Å². The number of aliphatic carboxylic acids is 1. The third-order valence-corrected chi connectivity index (χ3v) is 7.38. The van der Waals surface area contributed by atoms with E-state index in [1.807, 2.05) is 20.2 Å². The van der Waals surface area contributed by atoms with Crippen LogP contribution in [0.5, 0.6) is 5.75 Å². The smallest absolute Gasteiger partial charge is 0.320 e. The molecule has 0 amide bonds. The molecular formula is C26H32F2N2O3. The van der Waals surface area contributed by atoms with E-state index in [1.165, 1.54) is 6.07 Å². The van der Waals surface area contributed by atoms with Gasteiger partial charge in [-0.3, -0.25) is 9.69 Å². The zero-order valence-electron chi connectivity index (χ0n) is 19.2. The van der Waals surface area contributed by atoms with Crippen molar-refractivity contribution in [3.63, 3.8) is 0 Å². The number of ether oxygens (including phenoxy) is 1. The summed E-state index contributed by atoms with van der Waals surface area (Å²) in [4.78, 5) is 13.3. The molecule has 1 saturated heterocycles. The molecule has 4 rings (SSSR count). The summed E-state index contributed by atoms with van der Waals surface area (Å²) >= 11 is 0. The number of carbonyl (C=O) groups is 1. The van der Waals surface area contributed by atoms with Crippen LogP contribution in [0.15, 0.2) is 42.5 Å². The van der Waals surface area contributed by atoms with Crippen LogP contribution in [0.25, 0.3) is 0 Å². The predicted molar refractivity (Wildman–Crippen MR) is 122 cm³/mol. The minimum Gasteiger partial charge on any atom is -0.486 e. The molecule has 0 unspecified atom stereocenters. The van der Waals surface area contributed by atoms with Gasteiger partial charge in [-0.15, -0.1) is 0 Å². The lowest BCUT2D eigenvalue weighted by Gasteiger charge is -2.45. The van der Waals surface area contributed by atoms with E-state index in [-0.39, 0.29) is 29.0 Å². The highest BCUT2D eigenvalue weighted by Crippen LogP contribution is 2.44. The number of hydrogen-bond donors (Lipinski definition) is 2. The van der Waals surface area contributed by atoms with E-state index >= 15 is 4.39 Å². The van der Waals surface area contributed by atoms with Gasteiger partial charge in [-0.1, -0.05) is 24.3 Å². The average molecular weight is 459 g/mol. The van der Waals surface area contributed by atoms with Crippen molar-refractivity contribution in [2.24, 2.45) is 5.92 Å². The highest BCUT2D eigenvalue weighted by Gasteiger charge is 2.39. The maximum Gasteiger partial charge on any atom is 0.320 e. The summed E-state index contributed by atoms with van der Waals surface area (Å²) in [5, 5.41) is 12.0. The van der Waals surface area contributed by atoms with E-state index in [2.05, 4.69) is 10.2 Å². The Balaban J connectivity index is 1.41. The van der Waals surface area contributed by atoms with Crippen molar-refractivity contribution >= 4 is 5.97 Å². The lowest BCUT2D eigenvalue weighted by atomic mass is 9.70. The van der Waals surface area contributed by atoms with Crippen LogP contribution in [0.3, 0.4) is 0 Å². The van der Waals surface area contributed by atoms with Gasteiger partial charge in [-0.25, -0.2) is 8.78 Å². The van der Waals surface area contributed by atoms with Crippen molar-refractivity contribution in [2.45, 2.75) is 56.2 Å². The molecule has 178 valence electrons. The summed E-state index contributed by atoms with van der Waals surface area (Å²) in [6.45, 7) is 0.385. The van der Waals surface area contributed by atoms with Crippen molar-refractivity contribution in [1.82, 2.24) is 10.2 Å². The van der Waals surface area contributed by atoms with Gasteiger partial charge in [0.25, 0.3) is 0 Å². The molecule has 7 heteroatoms. The zero-order valence-corrected chi connectivity index (χ0v) is 19.2. The summed E-state index contributed by atoms with van der Waals surface area (Å²) < 4.78 is 34.9. The second kappa shape index (κ2) is 9.77. The normalized spacial score (nSPS) is 27.6. The Kier molecular flexibility index (Phi) is 7.00. The number of hydrogen-bond acceptors (Lipinski definition) is 4. The molecule has 2 aromatic carbocycles. The van der Waals surface area contributed by atoms with E-state index in [0.29, 0.717) is 30.9 Å².